The van der Waals surface area contributed by atoms with Crippen LogP contribution in [0.5, 0.6) is 11.5 Å². The first-order chi connectivity index (χ1) is 24.7. The fourth-order valence-electron chi connectivity index (χ4n) is 5.60. The first-order valence-electron chi connectivity index (χ1n) is 16.1. The second-order valence-corrected chi connectivity index (χ2v) is 12.5. The van der Waals surface area contributed by atoms with Gasteiger partial charge in [0.25, 0.3) is 0 Å². The molecule has 53 heavy (non-hydrogen) atoms. The number of hydrogen-bond donors (Lipinski definition) is 0. The molecule has 7 nitrogen and oxygen atoms in total. The third kappa shape index (κ3) is 10.5. The molecule has 0 spiro atoms. The Morgan fingerprint density at radius 2 is 1.38 bits per heavy atom. The van der Waals surface area contributed by atoms with Gasteiger partial charge in [-0.25, -0.2) is 9.97 Å². The van der Waals surface area contributed by atoms with Crippen LogP contribution in [-0.2, 0) is 41.1 Å². The predicted molar refractivity (Wildman–Crippen MR) is 177 cm³/mol. The molecule has 0 saturated carbocycles. The predicted octanol–water partition coefficient (Wildman–Crippen LogP) is 10.2. The summed E-state index contributed by atoms with van der Waals surface area (Å²) in [5.74, 6) is -0.253. The molecule has 4 rings (SSSR count). The Morgan fingerprint density at radius 3 is 1.91 bits per heavy atom. The van der Waals surface area contributed by atoms with Crippen LogP contribution in [0.1, 0.15) is 71.6 Å². The molecular formula is C37H36F9N3O4. The number of aryl methyl sites for hydroxylation is 1. The number of nitrogens with zero attached hydrogens (tertiary/aromatic N) is 3. The Hall–Kier alpha value is -5.02. The molecule has 0 radical (unpaired) electrons. The van der Waals surface area contributed by atoms with Gasteiger partial charge in [-0.15, -0.1) is 0 Å². The third-order valence-corrected chi connectivity index (χ3v) is 8.21. The lowest BCUT2D eigenvalue weighted by Crippen LogP contribution is -2.26. The summed E-state index contributed by atoms with van der Waals surface area (Å²) in [7, 11) is 2.62. The number of aromatic nitrogens is 2. The summed E-state index contributed by atoms with van der Waals surface area (Å²) in [4.78, 5) is 21.0. The van der Waals surface area contributed by atoms with Crippen LogP contribution in [-0.4, -0.2) is 36.8 Å². The van der Waals surface area contributed by atoms with Crippen molar-refractivity contribution in [2.24, 2.45) is 0 Å². The number of halogens is 9. The van der Waals surface area contributed by atoms with E-state index in [1.54, 1.807) is 18.2 Å². The summed E-state index contributed by atoms with van der Waals surface area (Å²) in [6.07, 6.45) is -12.4. The lowest BCUT2D eigenvalue weighted by atomic mass is 9.89. The SMILES string of the molecule is COC(=O)CCCOc1cnc(N(Cc2cc(C(F)(F)F)cc(C(F)(F)F)c2)Cc2cc(C(F)(F)F)cc(C)c2-c2cc(C(C)C)ccc2OC)nc1. The summed E-state index contributed by atoms with van der Waals surface area (Å²) < 4.78 is 141. The molecule has 286 valence electrons. The number of ether oxygens (including phenoxy) is 3. The minimum Gasteiger partial charge on any atom is -0.496 e. The second kappa shape index (κ2) is 16.3. The molecule has 1 aromatic heterocycles. The van der Waals surface area contributed by atoms with E-state index >= 15 is 0 Å². The van der Waals surface area contributed by atoms with E-state index in [1.165, 1.54) is 38.4 Å². The number of alkyl halides is 9. The van der Waals surface area contributed by atoms with Gasteiger partial charge in [-0.3, -0.25) is 4.79 Å². The zero-order valence-electron chi connectivity index (χ0n) is 29.3. The smallest absolute Gasteiger partial charge is 0.416 e. The van der Waals surface area contributed by atoms with Crippen LogP contribution in [0, 0.1) is 6.92 Å². The Kier molecular flexibility index (Phi) is 12.6. The Balaban J connectivity index is 1.89. The Bertz CT molecular complexity index is 1860. The number of carbonyl (C=O) groups is 1. The zero-order valence-corrected chi connectivity index (χ0v) is 29.3. The topological polar surface area (TPSA) is 73.8 Å². The Morgan fingerprint density at radius 1 is 0.792 bits per heavy atom. The molecule has 0 fully saturated rings. The number of methoxy groups -OCH3 is 2. The number of hydrogen-bond acceptors (Lipinski definition) is 7. The van der Waals surface area contributed by atoms with E-state index in [4.69, 9.17) is 9.47 Å². The van der Waals surface area contributed by atoms with Crippen LogP contribution in [0.25, 0.3) is 11.1 Å². The van der Waals surface area contributed by atoms with Crippen LogP contribution in [0.15, 0.2) is 60.9 Å². The monoisotopic (exact) mass is 757 g/mol. The number of anilines is 1. The van der Waals surface area contributed by atoms with Gasteiger partial charge in [0.05, 0.1) is 49.9 Å². The molecule has 0 aliphatic rings. The van der Waals surface area contributed by atoms with Crippen molar-refractivity contribution in [3.05, 3.63) is 99.9 Å². The first-order valence-corrected chi connectivity index (χ1v) is 16.1. The summed E-state index contributed by atoms with van der Waals surface area (Å²) in [6, 6.07) is 8.12. The fourth-order valence-corrected chi connectivity index (χ4v) is 5.60. The standard InChI is InChI=1S/C37H36F9N3O4/c1-21(2)24-8-9-31(51-4)30(15-24)33-22(3)11-26(35(38,39)40)14-25(33)20-49(34-47-17-29(18-48-34)53-10-6-7-32(50)52-5)19-23-12-27(36(41,42)43)16-28(13-23)37(44,45)46/h8-9,11-18,21H,6-7,10,19-20H2,1-5H3. The highest BCUT2D eigenvalue weighted by Crippen LogP contribution is 2.42. The zero-order chi connectivity index (χ0) is 39.3. The van der Waals surface area contributed by atoms with Crippen LogP contribution in [0.4, 0.5) is 45.5 Å². The largest absolute Gasteiger partial charge is 0.496 e. The van der Waals surface area contributed by atoms with Gasteiger partial charge in [-0.1, -0.05) is 19.9 Å². The number of rotatable bonds is 13. The van der Waals surface area contributed by atoms with Gasteiger partial charge in [-0.2, -0.15) is 39.5 Å². The van der Waals surface area contributed by atoms with Crippen LogP contribution in [0.2, 0.25) is 0 Å². The van der Waals surface area contributed by atoms with Crippen molar-refractivity contribution in [1.29, 1.82) is 0 Å². The van der Waals surface area contributed by atoms with E-state index in [2.05, 4.69) is 14.7 Å². The number of benzene rings is 3. The Labute approximate surface area is 299 Å². The van der Waals surface area contributed by atoms with Gasteiger partial charge < -0.3 is 19.1 Å². The van der Waals surface area contributed by atoms with Gasteiger partial charge in [0.15, 0.2) is 5.75 Å². The van der Waals surface area contributed by atoms with Crippen molar-refractivity contribution in [2.75, 3.05) is 25.7 Å². The normalized spacial score (nSPS) is 12.2. The van der Waals surface area contributed by atoms with E-state index in [0.717, 1.165) is 17.7 Å². The molecule has 0 atom stereocenters. The maximum atomic E-state index is 14.2. The average Bonchev–Trinajstić information content (AvgIpc) is 3.08. The number of esters is 1. The lowest BCUT2D eigenvalue weighted by molar-refractivity contribution is -0.143. The highest BCUT2D eigenvalue weighted by atomic mass is 19.4. The van der Waals surface area contributed by atoms with Crippen LogP contribution >= 0.6 is 0 Å². The fraction of sp³-hybridized carbons (Fsp3) is 0.378. The first kappa shape index (κ1) is 40.7. The van der Waals surface area contributed by atoms with Crippen LogP contribution < -0.4 is 14.4 Å². The van der Waals surface area contributed by atoms with Crippen molar-refractivity contribution in [2.45, 2.75) is 71.1 Å². The molecule has 0 amide bonds. The van der Waals surface area contributed by atoms with E-state index < -0.39 is 59.8 Å². The molecule has 0 bridgehead atoms. The maximum absolute atomic E-state index is 14.2. The van der Waals surface area contributed by atoms with E-state index in [9.17, 15) is 44.3 Å². The highest BCUT2D eigenvalue weighted by molar-refractivity contribution is 5.78. The minimum absolute atomic E-state index is 0.00713. The maximum Gasteiger partial charge on any atom is 0.416 e. The summed E-state index contributed by atoms with van der Waals surface area (Å²) >= 11 is 0. The average molecular weight is 758 g/mol. The van der Waals surface area contributed by atoms with Gasteiger partial charge >= 0.3 is 24.5 Å². The van der Waals surface area contributed by atoms with E-state index in [-0.39, 0.29) is 54.3 Å². The third-order valence-electron chi connectivity index (χ3n) is 8.21. The molecular weight excluding hydrogens is 721 g/mol. The summed E-state index contributed by atoms with van der Waals surface area (Å²) in [5, 5.41) is 0. The van der Waals surface area contributed by atoms with E-state index in [1.807, 2.05) is 13.8 Å². The molecule has 4 aromatic rings. The second-order valence-electron chi connectivity index (χ2n) is 12.5. The quantitative estimate of drug-likeness (QED) is 0.0764. The molecule has 0 aliphatic carbocycles. The van der Waals surface area contributed by atoms with Crippen molar-refractivity contribution >= 4 is 11.9 Å². The van der Waals surface area contributed by atoms with E-state index in [0.29, 0.717) is 29.0 Å². The molecule has 16 heteroatoms. The van der Waals surface area contributed by atoms with Gasteiger partial charge in [0.1, 0.15) is 5.75 Å². The van der Waals surface area contributed by atoms with Crippen LogP contribution in [0.3, 0.4) is 0 Å². The van der Waals surface area contributed by atoms with Gasteiger partial charge in [0.2, 0.25) is 5.95 Å². The molecule has 0 aliphatic heterocycles. The van der Waals surface area contributed by atoms with Crippen molar-refractivity contribution in [3.8, 4) is 22.6 Å². The van der Waals surface area contributed by atoms with Crippen molar-refractivity contribution < 1.29 is 58.5 Å². The molecule has 0 unspecified atom stereocenters. The van der Waals surface area contributed by atoms with Gasteiger partial charge in [-0.05, 0) is 89.5 Å². The minimum atomic E-state index is -5.15. The molecule has 0 saturated heterocycles. The number of carbonyl (C=O) groups excluding carboxylic acids is 1. The molecule has 3 aromatic carbocycles. The van der Waals surface area contributed by atoms with Gasteiger partial charge in [0, 0.05) is 25.1 Å². The lowest BCUT2D eigenvalue weighted by Gasteiger charge is -2.27. The van der Waals surface area contributed by atoms with Crippen molar-refractivity contribution in [3.63, 3.8) is 0 Å². The molecule has 1 heterocycles. The summed E-state index contributed by atoms with van der Waals surface area (Å²) in [6.45, 7) is 4.18. The molecule has 0 N–H and O–H groups in total. The van der Waals surface area contributed by atoms with Crippen molar-refractivity contribution in [1.82, 2.24) is 9.97 Å². The highest BCUT2D eigenvalue weighted by Gasteiger charge is 2.37. The summed E-state index contributed by atoms with van der Waals surface area (Å²) in [5.41, 5.74) is -2.84.